The first-order valence-corrected chi connectivity index (χ1v) is 11.6. The Hall–Kier alpha value is -2.16. The zero-order chi connectivity index (χ0) is 22.6. The second kappa shape index (κ2) is 9.97. The minimum absolute atomic E-state index is 0.0225. The van der Waals surface area contributed by atoms with Crippen LogP contribution in [0.25, 0.3) is 0 Å². The fourth-order valence-corrected chi connectivity index (χ4v) is 4.38. The lowest BCUT2D eigenvalue weighted by atomic mass is 10.3. The van der Waals surface area contributed by atoms with Crippen molar-refractivity contribution in [2.24, 2.45) is 0 Å². The summed E-state index contributed by atoms with van der Waals surface area (Å²) in [5.41, 5.74) is 0.542. The molecule has 0 aliphatic heterocycles. The number of nitrogens with one attached hydrogen (secondary N) is 2. The molecule has 1 amide bonds. The Morgan fingerprint density at radius 3 is 2.29 bits per heavy atom. The molecule has 0 fully saturated rings. The highest BCUT2D eigenvalue weighted by Gasteiger charge is 2.17. The van der Waals surface area contributed by atoms with E-state index in [-0.39, 0.29) is 32.3 Å². The van der Waals surface area contributed by atoms with Crippen molar-refractivity contribution < 1.29 is 17.9 Å². The number of halogens is 4. The van der Waals surface area contributed by atoms with E-state index >= 15 is 0 Å². The van der Waals surface area contributed by atoms with Gasteiger partial charge in [0, 0.05) is 10.7 Å². The second-order valence-electron chi connectivity index (χ2n) is 6.14. The normalized spacial score (nSPS) is 11.1. The number of rotatable bonds is 7. The predicted molar refractivity (Wildman–Crippen MR) is 124 cm³/mol. The SMILES string of the molecule is O=C(COc1ccc(Cl)cc1Cl)Nc1ccc(S(=O)(=O)Nc2cccc(Cl)c2Cl)cc1. The maximum atomic E-state index is 12.6. The van der Waals surface area contributed by atoms with Crippen molar-refractivity contribution in [1.29, 1.82) is 0 Å². The fraction of sp³-hybridized carbons (Fsp3) is 0.0500. The van der Waals surface area contributed by atoms with E-state index in [2.05, 4.69) is 10.0 Å². The molecule has 0 bridgehead atoms. The summed E-state index contributed by atoms with van der Waals surface area (Å²) in [5, 5.41) is 3.65. The molecule has 11 heteroatoms. The van der Waals surface area contributed by atoms with E-state index in [0.29, 0.717) is 16.5 Å². The maximum absolute atomic E-state index is 12.6. The van der Waals surface area contributed by atoms with Gasteiger partial charge in [0.1, 0.15) is 5.75 Å². The highest BCUT2D eigenvalue weighted by atomic mass is 35.5. The topological polar surface area (TPSA) is 84.5 Å². The monoisotopic (exact) mass is 518 g/mol. The molecule has 31 heavy (non-hydrogen) atoms. The van der Waals surface area contributed by atoms with E-state index in [1.807, 2.05) is 0 Å². The summed E-state index contributed by atoms with van der Waals surface area (Å²) in [6.07, 6.45) is 0. The van der Waals surface area contributed by atoms with E-state index in [1.54, 1.807) is 24.3 Å². The third kappa shape index (κ3) is 6.18. The van der Waals surface area contributed by atoms with Crippen LogP contribution in [0.2, 0.25) is 20.1 Å². The van der Waals surface area contributed by atoms with Crippen molar-refractivity contribution in [3.63, 3.8) is 0 Å². The van der Waals surface area contributed by atoms with Crippen LogP contribution in [0.4, 0.5) is 11.4 Å². The van der Waals surface area contributed by atoms with Gasteiger partial charge in [-0.3, -0.25) is 9.52 Å². The summed E-state index contributed by atoms with van der Waals surface area (Å²) in [6.45, 7) is -0.295. The minimum Gasteiger partial charge on any atom is -0.482 e. The third-order valence-electron chi connectivity index (χ3n) is 3.90. The van der Waals surface area contributed by atoms with Crippen LogP contribution in [-0.2, 0) is 14.8 Å². The van der Waals surface area contributed by atoms with Gasteiger partial charge in [-0.25, -0.2) is 8.42 Å². The number of ether oxygens (including phenoxy) is 1. The molecular formula is C20H14Cl4N2O4S. The predicted octanol–water partition coefficient (Wildman–Crippen LogP) is 6.12. The maximum Gasteiger partial charge on any atom is 0.262 e. The van der Waals surface area contributed by atoms with Gasteiger partial charge < -0.3 is 10.1 Å². The molecule has 0 saturated carbocycles. The van der Waals surface area contributed by atoms with E-state index in [0.717, 1.165) is 0 Å². The van der Waals surface area contributed by atoms with Gasteiger partial charge in [-0.05, 0) is 54.6 Å². The minimum atomic E-state index is -3.91. The Morgan fingerprint density at radius 1 is 0.903 bits per heavy atom. The van der Waals surface area contributed by atoms with Crippen LogP contribution >= 0.6 is 46.4 Å². The summed E-state index contributed by atoms with van der Waals surface area (Å²) in [4.78, 5) is 12.1. The standard InChI is InChI=1S/C20H14Cl4N2O4S/c21-12-4-9-18(16(23)10-12)30-11-19(27)25-13-5-7-14(8-6-13)31(28,29)26-17-3-1-2-15(22)20(17)24/h1-10,26H,11H2,(H,25,27). The molecule has 0 spiro atoms. The van der Waals surface area contributed by atoms with Gasteiger partial charge in [-0.1, -0.05) is 52.5 Å². The third-order valence-corrected chi connectivity index (χ3v) is 6.63. The first kappa shape index (κ1) is 23.5. The van der Waals surface area contributed by atoms with Crippen molar-refractivity contribution in [3.05, 3.63) is 80.8 Å². The molecule has 0 atom stereocenters. The molecule has 3 aromatic carbocycles. The van der Waals surface area contributed by atoms with Crippen molar-refractivity contribution in [1.82, 2.24) is 0 Å². The highest BCUT2D eigenvalue weighted by molar-refractivity contribution is 7.92. The number of hydrogen-bond donors (Lipinski definition) is 2. The number of sulfonamides is 1. The largest absolute Gasteiger partial charge is 0.482 e. The number of carbonyl (C=O) groups is 1. The average molecular weight is 520 g/mol. The summed E-state index contributed by atoms with van der Waals surface area (Å²) in [7, 11) is -3.91. The molecule has 0 aliphatic rings. The lowest BCUT2D eigenvalue weighted by molar-refractivity contribution is -0.118. The molecule has 0 radical (unpaired) electrons. The Morgan fingerprint density at radius 2 is 1.61 bits per heavy atom. The molecule has 0 heterocycles. The van der Waals surface area contributed by atoms with Crippen molar-refractivity contribution in [2.75, 3.05) is 16.6 Å². The molecule has 0 aromatic heterocycles. The summed E-state index contributed by atoms with van der Waals surface area (Å²) in [6, 6.07) is 14.8. The van der Waals surface area contributed by atoms with E-state index in [9.17, 15) is 13.2 Å². The lowest BCUT2D eigenvalue weighted by Gasteiger charge is -2.11. The van der Waals surface area contributed by atoms with Crippen LogP contribution in [0.1, 0.15) is 0 Å². The molecule has 162 valence electrons. The molecule has 0 unspecified atom stereocenters. The summed E-state index contributed by atoms with van der Waals surface area (Å²) in [5.74, 6) is -0.140. The Bertz CT molecular complexity index is 1220. The highest BCUT2D eigenvalue weighted by Crippen LogP contribution is 2.31. The first-order valence-electron chi connectivity index (χ1n) is 8.60. The number of hydrogen-bond acceptors (Lipinski definition) is 4. The smallest absolute Gasteiger partial charge is 0.262 e. The zero-order valence-corrected chi connectivity index (χ0v) is 19.4. The van der Waals surface area contributed by atoms with E-state index in [1.165, 1.54) is 36.4 Å². The number of amides is 1. The van der Waals surface area contributed by atoms with Crippen LogP contribution in [-0.4, -0.2) is 20.9 Å². The Balaban J connectivity index is 1.62. The fourth-order valence-electron chi connectivity index (χ4n) is 2.44. The van der Waals surface area contributed by atoms with Gasteiger partial charge in [0.25, 0.3) is 15.9 Å². The van der Waals surface area contributed by atoms with Gasteiger partial charge in [-0.15, -0.1) is 0 Å². The summed E-state index contributed by atoms with van der Waals surface area (Å²) >= 11 is 23.7. The first-order chi connectivity index (χ1) is 14.7. The molecule has 3 aromatic rings. The molecule has 3 rings (SSSR count). The van der Waals surface area contributed by atoms with Crippen LogP contribution in [0, 0.1) is 0 Å². The Labute approximate surface area is 199 Å². The van der Waals surface area contributed by atoms with Gasteiger partial charge in [-0.2, -0.15) is 0 Å². The van der Waals surface area contributed by atoms with Crippen LogP contribution < -0.4 is 14.8 Å². The van der Waals surface area contributed by atoms with Gasteiger partial charge >= 0.3 is 0 Å². The van der Waals surface area contributed by atoms with Gasteiger partial charge in [0.05, 0.1) is 25.7 Å². The van der Waals surface area contributed by atoms with Crippen molar-refractivity contribution in [3.8, 4) is 5.75 Å². The number of anilines is 2. The molecule has 0 aliphatic carbocycles. The van der Waals surface area contributed by atoms with Crippen LogP contribution in [0.5, 0.6) is 5.75 Å². The van der Waals surface area contributed by atoms with Gasteiger partial charge in [0.2, 0.25) is 0 Å². The zero-order valence-electron chi connectivity index (χ0n) is 15.5. The molecule has 6 nitrogen and oxygen atoms in total. The Kier molecular flexibility index (Phi) is 7.56. The van der Waals surface area contributed by atoms with Crippen LogP contribution in [0.15, 0.2) is 65.6 Å². The van der Waals surface area contributed by atoms with Gasteiger partial charge in [0.15, 0.2) is 6.61 Å². The average Bonchev–Trinajstić information content (AvgIpc) is 2.71. The lowest BCUT2D eigenvalue weighted by Crippen LogP contribution is -2.20. The molecule has 2 N–H and O–H groups in total. The van der Waals surface area contributed by atoms with Crippen molar-refractivity contribution in [2.45, 2.75) is 4.90 Å². The second-order valence-corrected chi connectivity index (χ2v) is 9.45. The van der Waals surface area contributed by atoms with Crippen molar-refractivity contribution >= 4 is 73.7 Å². The van der Waals surface area contributed by atoms with Crippen LogP contribution in [0.3, 0.4) is 0 Å². The molecule has 0 saturated heterocycles. The number of benzene rings is 3. The summed E-state index contributed by atoms with van der Waals surface area (Å²) < 4.78 is 32.9. The molecular weight excluding hydrogens is 506 g/mol. The van der Waals surface area contributed by atoms with E-state index in [4.69, 9.17) is 51.1 Å². The van der Waals surface area contributed by atoms with E-state index < -0.39 is 15.9 Å². The quantitative estimate of drug-likeness (QED) is 0.394. The number of carbonyl (C=O) groups excluding carboxylic acids is 1.